The fourth-order valence-electron chi connectivity index (χ4n) is 1.29. The van der Waals surface area contributed by atoms with Crippen LogP contribution in [0.2, 0.25) is 0 Å². The molecule has 0 aromatic rings. The van der Waals surface area contributed by atoms with Gasteiger partial charge in [0.05, 0.1) is 5.92 Å². The minimum atomic E-state index is -0.891. The van der Waals surface area contributed by atoms with Crippen molar-refractivity contribution in [3.8, 4) is 0 Å². The van der Waals surface area contributed by atoms with Crippen LogP contribution in [0.15, 0.2) is 0 Å². The van der Waals surface area contributed by atoms with Gasteiger partial charge in [-0.25, -0.2) is 0 Å². The maximum absolute atomic E-state index is 11.0. The molecule has 0 aliphatic heterocycles. The number of nitrogens with one attached hydrogen (secondary N) is 1. The summed E-state index contributed by atoms with van der Waals surface area (Å²) >= 11 is 0. The molecule has 0 aliphatic carbocycles. The van der Waals surface area contributed by atoms with E-state index in [0.717, 1.165) is 13.0 Å². The van der Waals surface area contributed by atoms with Gasteiger partial charge in [0.1, 0.15) is 0 Å². The zero-order chi connectivity index (χ0) is 11.8. The Hall–Kier alpha value is -1.10. The van der Waals surface area contributed by atoms with Crippen LogP contribution in [0, 0.1) is 5.92 Å². The van der Waals surface area contributed by atoms with Gasteiger partial charge in [0.15, 0.2) is 0 Å². The number of hydrogen-bond donors (Lipinski definition) is 2. The van der Waals surface area contributed by atoms with Crippen LogP contribution in [0.25, 0.3) is 0 Å². The van der Waals surface area contributed by atoms with E-state index in [9.17, 15) is 9.59 Å². The third-order valence-electron chi connectivity index (χ3n) is 2.22. The van der Waals surface area contributed by atoms with Gasteiger partial charge in [-0.15, -0.1) is 0 Å². The molecule has 0 heterocycles. The van der Waals surface area contributed by atoms with Gasteiger partial charge in [0, 0.05) is 13.5 Å². The molecular formula is C10H20N2O3. The lowest BCUT2D eigenvalue weighted by atomic mass is 9.99. The predicted molar refractivity (Wildman–Crippen MR) is 57.6 cm³/mol. The number of nitrogens with zero attached hydrogens (tertiary/aromatic N) is 1. The number of carboxylic acids is 1. The molecule has 0 fully saturated rings. The number of aliphatic carboxylic acids is 1. The van der Waals surface area contributed by atoms with Gasteiger partial charge in [-0.1, -0.05) is 0 Å². The number of carbonyl (C=O) groups excluding carboxylic acids is 1. The van der Waals surface area contributed by atoms with E-state index >= 15 is 0 Å². The molecule has 0 aliphatic rings. The van der Waals surface area contributed by atoms with Crippen LogP contribution in [0.4, 0.5) is 0 Å². The fourth-order valence-corrected chi connectivity index (χ4v) is 1.29. The summed E-state index contributed by atoms with van der Waals surface area (Å²) in [6.07, 6.45) is 1.40. The molecule has 1 unspecified atom stereocenters. The highest BCUT2D eigenvalue weighted by Gasteiger charge is 2.20. The molecular weight excluding hydrogens is 196 g/mol. The van der Waals surface area contributed by atoms with Gasteiger partial charge in [-0.2, -0.15) is 0 Å². The molecule has 0 bridgehead atoms. The van der Waals surface area contributed by atoms with Crippen molar-refractivity contribution in [2.24, 2.45) is 5.92 Å². The van der Waals surface area contributed by atoms with Crippen LogP contribution in [-0.2, 0) is 9.59 Å². The molecule has 0 radical (unpaired) electrons. The van der Waals surface area contributed by atoms with Crippen molar-refractivity contribution >= 4 is 11.9 Å². The normalized spacial score (nSPS) is 12.5. The van der Waals surface area contributed by atoms with Gasteiger partial charge in [0.2, 0.25) is 5.91 Å². The van der Waals surface area contributed by atoms with Gasteiger partial charge in [0.25, 0.3) is 0 Å². The second-order valence-corrected chi connectivity index (χ2v) is 3.86. The second-order valence-electron chi connectivity index (χ2n) is 3.86. The smallest absolute Gasteiger partial charge is 0.307 e. The number of hydrogen-bond acceptors (Lipinski definition) is 3. The van der Waals surface area contributed by atoms with Gasteiger partial charge < -0.3 is 15.3 Å². The Bertz CT molecular complexity index is 217. The summed E-state index contributed by atoms with van der Waals surface area (Å²) in [6, 6.07) is 0. The summed E-state index contributed by atoms with van der Waals surface area (Å²) in [4.78, 5) is 23.9. The highest BCUT2D eigenvalue weighted by atomic mass is 16.4. The lowest BCUT2D eigenvalue weighted by molar-refractivity contribution is -0.144. The number of carbonyl (C=O) groups is 2. The summed E-state index contributed by atoms with van der Waals surface area (Å²) in [7, 11) is 5.39. The first-order valence-electron chi connectivity index (χ1n) is 5.05. The summed E-state index contributed by atoms with van der Waals surface area (Å²) in [5.74, 6) is -1.67. The van der Waals surface area contributed by atoms with Crippen molar-refractivity contribution in [3.05, 3.63) is 0 Å². The van der Waals surface area contributed by atoms with Gasteiger partial charge in [-0.05, 0) is 33.5 Å². The van der Waals surface area contributed by atoms with Crippen molar-refractivity contribution in [1.29, 1.82) is 0 Å². The molecule has 15 heavy (non-hydrogen) atoms. The molecule has 1 atom stereocenters. The third-order valence-corrected chi connectivity index (χ3v) is 2.22. The summed E-state index contributed by atoms with van der Waals surface area (Å²) in [5, 5.41) is 11.3. The zero-order valence-corrected chi connectivity index (χ0v) is 9.62. The Kier molecular flexibility index (Phi) is 6.70. The monoisotopic (exact) mass is 216 g/mol. The zero-order valence-electron chi connectivity index (χ0n) is 9.62. The summed E-state index contributed by atoms with van der Waals surface area (Å²) in [6.45, 7) is 0.845. The Labute approximate surface area is 90.5 Å². The quantitative estimate of drug-likeness (QED) is 0.636. The third kappa shape index (κ3) is 6.90. The van der Waals surface area contributed by atoms with Crippen molar-refractivity contribution < 1.29 is 14.7 Å². The van der Waals surface area contributed by atoms with E-state index in [1.807, 2.05) is 19.0 Å². The van der Waals surface area contributed by atoms with E-state index in [1.54, 1.807) is 0 Å². The largest absolute Gasteiger partial charge is 0.481 e. The summed E-state index contributed by atoms with van der Waals surface area (Å²) in [5.41, 5.74) is 0. The topological polar surface area (TPSA) is 69.6 Å². The second kappa shape index (κ2) is 7.23. The molecule has 0 rings (SSSR count). The molecule has 5 heteroatoms. The lowest BCUT2D eigenvalue weighted by Crippen LogP contribution is -2.26. The fraction of sp³-hybridized carbons (Fsp3) is 0.800. The minimum absolute atomic E-state index is 0.0687. The molecule has 0 saturated carbocycles. The maximum atomic E-state index is 11.0. The first-order valence-corrected chi connectivity index (χ1v) is 5.05. The Morgan fingerprint density at radius 3 is 2.40 bits per heavy atom. The van der Waals surface area contributed by atoms with Crippen LogP contribution in [0.3, 0.4) is 0 Å². The van der Waals surface area contributed by atoms with Crippen molar-refractivity contribution in [3.63, 3.8) is 0 Å². The molecule has 0 aromatic heterocycles. The van der Waals surface area contributed by atoms with Crippen LogP contribution in [0.1, 0.15) is 19.3 Å². The van der Waals surface area contributed by atoms with E-state index in [0.29, 0.717) is 6.42 Å². The predicted octanol–water partition coefficient (Wildman–Crippen LogP) is 0.165. The average molecular weight is 216 g/mol. The molecule has 0 aromatic carbocycles. The maximum Gasteiger partial charge on any atom is 0.307 e. The van der Waals surface area contributed by atoms with Crippen LogP contribution >= 0.6 is 0 Å². The number of rotatable bonds is 7. The van der Waals surface area contributed by atoms with E-state index in [4.69, 9.17) is 5.11 Å². The highest BCUT2D eigenvalue weighted by molar-refractivity contribution is 5.81. The van der Waals surface area contributed by atoms with Crippen molar-refractivity contribution in [2.45, 2.75) is 19.3 Å². The molecule has 0 saturated heterocycles. The van der Waals surface area contributed by atoms with Crippen molar-refractivity contribution in [2.75, 3.05) is 27.7 Å². The SMILES string of the molecule is CNC(=O)CC(CCCN(C)C)C(=O)O. The lowest BCUT2D eigenvalue weighted by Gasteiger charge is -2.13. The number of amides is 1. The molecule has 5 nitrogen and oxygen atoms in total. The first-order chi connectivity index (χ1) is 6.97. The molecule has 88 valence electrons. The molecule has 2 N–H and O–H groups in total. The van der Waals surface area contributed by atoms with Crippen LogP contribution in [0.5, 0.6) is 0 Å². The van der Waals surface area contributed by atoms with Gasteiger partial charge in [-0.3, -0.25) is 9.59 Å². The molecule has 1 amide bonds. The minimum Gasteiger partial charge on any atom is -0.481 e. The average Bonchev–Trinajstić information content (AvgIpc) is 2.15. The highest BCUT2D eigenvalue weighted by Crippen LogP contribution is 2.11. The van der Waals surface area contributed by atoms with Gasteiger partial charge >= 0.3 is 5.97 Å². The van der Waals surface area contributed by atoms with E-state index in [-0.39, 0.29) is 12.3 Å². The molecule has 0 spiro atoms. The van der Waals surface area contributed by atoms with Crippen LogP contribution < -0.4 is 5.32 Å². The van der Waals surface area contributed by atoms with E-state index in [2.05, 4.69) is 5.32 Å². The van der Waals surface area contributed by atoms with Crippen LogP contribution in [-0.4, -0.2) is 49.6 Å². The summed E-state index contributed by atoms with van der Waals surface area (Å²) < 4.78 is 0. The first kappa shape index (κ1) is 13.9. The Balaban J connectivity index is 3.94. The van der Waals surface area contributed by atoms with E-state index < -0.39 is 11.9 Å². The van der Waals surface area contributed by atoms with E-state index in [1.165, 1.54) is 7.05 Å². The Morgan fingerprint density at radius 1 is 1.40 bits per heavy atom. The Morgan fingerprint density at radius 2 is 2.00 bits per heavy atom. The van der Waals surface area contributed by atoms with Crippen molar-refractivity contribution in [1.82, 2.24) is 10.2 Å². The number of carboxylic acid groups (broad SMARTS) is 1. The standard InChI is InChI=1S/C10H20N2O3/c1-11-9(13)7-8(10(14)15)5-4-6-12(2)3/h8H,4-7H2,1-3H3,(H,11,13)(H,14,15).